The summed E-state index contributed by atoms with van der Waals surface area (Å²) in [6.07, 6.45) is 1.64. The molecule has 7 heteroatoms. The fourth-order valence-corrected chi connectivity index (χ4v) is 4.14. The maximum Gasteiger partial charge on any atom is 0.295 e. The van der Waals surface area contributed by atoms with E-state index in [2.05, 4.69) is 25.3 Å². The third-order valence-corrected chi connectivity index (χ3v) is 5.99. The summed E-state index contributed by atoms with van der Waals surface area (Å²) in [4.78, 5) is 29.8. The van der Waals surface area contributed by atoms with Crippen LogP contribution in [0.4, 0.5) is 0 Å². The van der Waals surface area contributed by atoms with Gasteiger partial charge in [-0.25, -0.2) is 0 Å². The number of nitrogens with zero attached hydrogens (tertiary/aromatic N) is 2. The zero-order valence-electron chi connectivity index (χ0n) is 19.0. The van der Waals surface area contributed by atoms with Gasteiger partial charge in [-0.05, 0) is 55.1 Å². The number of hydrogen-bond acceptors (Lipinski definition) is 5. The number of halogens is 1. The molecule has 6 nitrogen and oxygen atoms in total. The summed E-state index contributed by atoms with van der Waals surface area (Å²) < 4.78 is 5.49. The highest BCUT2D eigenvalue weighted by atomic mass is 35.5. The van der Waals surface area contributed by atoms with E-state index in [9.17, 15) is 14.7 Å². The van der Waals surface area contributed by atoms with Gasteiger partial charge in [0, 0.05) is 23.7 Å². The molecule has 2 aromatic carbocycles. The average molecular weight is 469 g/mol. The van der Waals surface area contributed by atoms with E-state index in [-0.39, 0.29) is 11.3 Å². The van der Waals surface area contributed by atoms with Gasteiger partial charge < -0.3 is 19.6 Å². The van der Waals surface area contributed by atoms with Gasteiger partial charge in [-0.3, -0.25) is 9.59 Å². The first-order valence-electron chi connectivity index (χ1n) is 11.0. The van der Waals surface area contributed by atoms with Crippen molar-refractivity contribution in [2.45, 2.75) is 19.9 Å². The molecule has 0 saturated carbocycles. The number of carbonyl (C=O) groups is 2. The van der Waals surface area contributed by atoms with Crippen molar-refractivity contribution in [1.82, 2.24) is 9.80 Å². The molecule has 1 heterocycles. The zero-order valence-corrected chi connectivity index (χ0v) is 19.7. The topological polar surface area (TPSA) is 70.1 Å². The molecule has 1 aliphatic rings. The summed E-state index contributed by atoms with van der Waals surface area (Å²) in [5.41, 5.74) is 1.16. The maximum absolute atomic E-state index is 13.1. The van der Waals surface area contributed by atoms with Crippen molar-refractivity contribution in [3.8, 4) is 5.75 Å². The highest BCUT2D eigenvalue weighted by Crippen LogP contribution is 2.40. The van der Waals surface area contributed by atoms with Crippen molar-refractivity contribution >= 4 is 29.1 Å². The molecule has 0 unspecified atom stereocenters. The number of aliphatic hydroxyl groups is 1. The number of rotatable bonds is 10. The van der Waals surface area contributed by atoms with E-state index in [1.165, 1.54) is 4.90 Å². The van der Waals surface area contributed by atoms with Gasteiger partial charge in [0.05, 0.1) is 11.6 Å². The Kier molecular flexibility index (Phi) is 8.31. The van der Waals surface area contributed by atoms with Crippen molar-refractivity contribution in [1.29, 1.82) is 0 Å². The van der Waals surface area contributed by atoms with E-state index in [0.717, 1.165) is 13.1 Å². The maximum atomic E-state index is 13.1. The number of Topliss-reactive ketones (excluding diaryl/α,β-unsaturated/α-hetero) is 1. The first-order valence-corrected chi connectivity index (χ1v) is 11.4. The number of likely N-dealkylation sites (tertiary alicyclic amines) is 1. The highest BCUT2D eigenvalue weighted by Gasteiger charge is 2.46. The normalized spacial score (nSPS) is 17.6. The molecule has 0 radical (unpaired) electrons. The minimum Gasteiger partial charge on any atom is -0.507 e. The van der Waals surface area contributed by atoms with Crippen LogP contribution in [0.5, 0.6) is 5.75 Å². The van der Waals surface area contributed by atoms with Gasteiger partial charge in [-0.15, -0.1) is 0 Å². The molecule has 0 aromatic heterocycles. The molecule has 0 aliphatic carbocycles. The number of amides is 1. The molecule has 0 spiro atoms. The van der Waals surface area contributed by atoms with Crippen LogP contribution in [0.1, 0.15) is 31.0 Å². The van der Waals surface area contributed by atoms with E-state index in [1.54, 1.807) is 48.5 Å². The Labute approximate surface area is 199 Å². The van der Waals surface area contributed by atoms with Crippen LogP contribution in [0.2, 0.25) is 5.02 Å². The first kappa shape index (κ1) is 24.6. The number of carbonyl (C=O) groups excluding carboxylic acids is 2. The molecule has 33 heavy (non-hydrogen) atoms. The number of ketones is 1. The monoisotopic (exact) mass is 468 g/mol. The summed E-state index contributed by atoms with van der Waals surface area (Å²) in [5.74, 6) is -0.944. The predicted molar refractivity (Wildman–Crippen MR) is 130 cm³/mol. The van der Waals surface area contributed by atoms with Crippen LogP contribution >= 0.6 is 11.6 Å². The lowest BCUT2D eigenvalue weighted by atomic mass is 9.95. The average Bonchev–Trinajstić information content (AvgIpc) is 3.08. The van der Waals surface area contributed by atoms with E-state index >= 15 is 0 Å². The van der Waals surface area contributed by atoms with Crippen molar-refractivity contribution < 1.29 is 19.4 Å². The third kappa shape index (κ3) is 5.46. The molecular weight excluding hydrogens is 440 g/mol. The molecule has 1 fully saturated rings. The van der Waals surface area contributed by atoms with Gasteiger partial charge in [0.15, 0.2) is 0 Å². The number of likely N-dealkylation sites (N-methyl/N-ethyl adjacent to an activating group) is 1. The molecule has 0 bridgehead atoms. The molecule has 1 aliphatic heterocycles. The Bertz CT molecular complexity index is 1040. The molecule has 1 N–H and O–H groups in total. The van der Waals surface area contributed by atoms with Gasteiger partial charge in [0.25, 0.3) is 11.7 Å². The largest absolute Gasteiger partial charge is 0.507 e. The van der Waals surface area contributed by atoms with E-state index in [0.29, 0.717) is 41.6 Å². The van der Waals surface area contributed by atoms with Gasteiger partial charge in [-0.2, -0.15) is 0 Å². The molecule has 1 amide bonds. The minimum absolute atomic E-state index is 0.0570. The highest BCUT2D eigenvalue weighted by molar-refractivity contribution is 6.46. The smallest absolute Gasteiger partial charge is 0.295 e. The van der Waals surface area contributed by atoms with Gasteiger partial charge in [0.1, 0.15) is 18.1 Å². The summed E-state index contributed by atoms with van der Waals surface area (Å²) in [6, 6.07) is 13.0. The summed E-state index contributed by atoms with van der Waals surface area (Å²) in [5, 5.41) is 11.6. The lowest BCUT2D eigenvalue weighted by Gasteiger charge is -2.28. The predicted octanol–water partition coefficient (Wildman–Crippen LogP) is 4.67. The van der Waals surface area contributed by atoms with Crippen LogP contribution in [0, 0.1) is 0 Å². The fraction of sp³-hybridized carbons (Fsp3) is 0.308. The lowest BCUT2D eigenvalue weighted by molar-refractivity contribution is -0.140. The van der Waals surface area contributed by atoms with Crippen LogP contribution in [0.25, 0.3) is 5.76 Å². The Morgan fingerprint density at radius 1 is 1.18 bits per heavy atom. The number of aliphatic hydroxyl groups excluding tert-OH is 1. The third-order valence-electron chi connectivity index (χ3n) is 5.75. The molecule has 1 saturated heterocycles. The Balaban J connectivity index is 2.04. The van der Waals surface area contributed by atoms with E-state index in [1.807, 2.05) is 6.07 Å². The zero-order chi connectivity index (χ0) is 24.0. The SMILES string of the molecule is C=CCOc1ccc(C(O)=C2C(=O)C(=O)N(CCN(CC)CC)[C@@H]2c2cccc(Cl)c2)cc1. The Morgan fingerprint density at radius 3 is 2.48 bits per heavy atom. The van der Waals surface area contributed by atoms with Crippen LogP contribution in [-0.2, 0) is 9.59 Å². The molecule has 2 aromatic rings. The number of hydrogen-bond donors (Lipinski definition) is 1. The van der Waals surface area contributed by atoms with Crippen molar-refractivity contribution in [3.05, 3.63) is 82.9 Å². The summed E-state index contributed by atoms with van der Waals surface area (Å²) in [6.45, 7) is 10.7. The quantitative estimate of drug-likeness (QED) is 0.237. The second-order valence-corrected chi connectivity index (χ2v) is 8.13. The Morgan fingerprint density at radius 2 is 1.88 bits per heavy atom. The second-order valence-electron chi connectivity index (χ2n) is 7.70. The first-order chi connectivity index (χ1) is 15.9. The van der Waals surface area contributed by atoms with Crippen molar-refractivity contribution in [2.75, 3.05) is 32.8 Å². The molecule has 1 atom stereocenters. The van der Waals surface area contributed by atoms with Crippen molar-refractivity contribution in [2.24, 2.45) is 0 Å². The van der Waals surface area contributed by atoms with E-state index in [4.69, 9.17) is 16.3 Å². The van der Waals surface area contributed by atoms with Gasteiger partial charge >= 0.3 is 0 Å². The van der Waals surface area contributed by atoms with E-state index < -0.39 is 17.7 Å². The minimum atomic E-state index is -0.726. The van der Waals surface area contributed by atoms with Gasteiger partial charge in [0.2, 0.25) is 0 Å². The standard InChI is InChI=1S/C26H29ClN2O4/c1-4-16-33-21-12-10-18(11-13-21)24(30)22-23(19-8-7-9-20(27)17-19)29(26(32)25(22)31)15-14-28(5-2)6-3/h4,7-13,17,23,30H,1,5-6,14-16H2,2-3H3/t23-/m1/s1. The molecule has 3 rings (SSSR count). The van der Waals surface area contributed by atoms with Crippen LogP contribution in [-0.4, -0.2) is 59.4 Å². The fourth-order valence-electron chi connectivity index (χ4n) is 3.94. The Hall–Kier alpha value is -3.09. The molecular formula is C26H29ClN2O4. The second kappa shape index (κ2) is 11.2. The molecule has 174 valence electrons. The number of benzene rings is 2. The lowest BCUT2D eigenvalue weighted by Crippen LogP contribution is -2.38. The van der Waals surface area contributed by atoms with Crippen molar-refractivity contribution in [3.63, 3.8) is 0 Å². The summed E-state index contributed by atoms with van der Waals surface area (Å²) in [7, 11) is 0. The number of ether oxygens (including phenoxy) is 1. The van der Waals surface area contributed by atoms with Crippen LogP contribution < -0.4 is 4.74 Å². The van der Waals surface area contributed by atoms with Crippen LogP contribution in [0.15, 0.2) is 66.8 Å². The van der Waals surface area contributed by atoms with Crippen LogP contribution in [0.3, 0.4) is 0 Å². The van der Waals surface area contributed by atoms with Gasteiger partial charge in [-0.1, -0.05) is 50.2 Å². The summed E-state index contributed by atoms with van der Waals surface area (Å²) >= 11 is 6.22.